The quantitative estimate of drug-likeness (QED) is 0.200. The van der Waals surface area contributed by atoms with E-state index in [-0.39, 0.29) is 29.5 Å². The number of benzene rings is 3. The summed E-state index contributed by atoms with van der Waals surface area (Å²) in [6, 6.07) is 19.6. The minimum absolute atomic E-state index is 0.0627. The van der Waals surface area contributed by atoms with Crippen LogP contribution in [-0.2, 0) is 6.42 Å². The Morgan fingerprint density at radius 1 is 0.917 bits per heavy atom. The third-order valence-corrected chi connectivity index (χ3v) is 6.56. The molecule has 0 unspecified atom stereocenters. The minimum Gasteiger partial charge on any atom is -0.506 e. The Morgan fingerprint density at radius 3 is 2.31 bits per heavy atom. The van der Waals surface area contributed by atoms with Gasteiger partial charge in [-0.15, -0.1) is 0 Å². The van der Waals surface area contributed by atoms with Crippen molar-refractivity contribution in [2.45, 2.75) is 26.7 Å². The van der Waals surface area contributed by atoms with Crippen LogP contribution in [0.3, 0.4) is 0 Å². The van der Waals surface area contributed by atoms with Crippen LogP contribution in [0.15, 0.2) is 66.7 Å². The number of amides is 1. The zero-order valence-corrected chi connectivity index (χ0v) is 20.8. The van der Waals surface area contributed by atoms with Crippen LogP contribution in [0, 0.1) is 12.3 Å². The highest BCUT2D eigenvalue weighted by atomic mass is 16.3. The van der Waals surface area contributed by atoms with E-state index in [1.807, 2.05) is 38.1 Å². The third-order valence-electron chi connectivity index (χ3n) is 6.56. The molecule has 0 saturated carbocycles. The van der Waals surface area contributed by atoms with Crippen LogP contribution in [0.25, 0.3) is 0 Å². The predicted octanol–water partition coefficient (Wildman–Crippen LogP) is 4.89. The van der Waals surface area contributed by atoms with E-state index < -0.39 is 0 Å². The van der Waals surface area contributed by atoms with Crippen LogP contribution >= 0.6 is 0 Å². The maximum Gasteiger partial charge on any atom is 0.255 e. The van der Waals surface area contributed by atoms with Gasteiger partial charge in [0.15, 0.2) is 5.78 Å². The van der Waals surface area contributed by atoms with Gasteiger partial charge in [0, 0.05) is 49.4 Å². The SMILES string of the molecule is CC(=N)N1CCCN(c2ccc(C(=O)Nc3c(O)cccc3CC(=O)c3ccc(C)cc3)cc2)CC1. The maximum atomic E-state index is 13.0. The number of phenols is 1. The number of Topliss-reactive ketones (excluding diaryl/α,β-unsaturated/α-hetero) is 1. The summed E-state index contributed by atoms with van der Waals surface area (Å²) in [5.74, 6) is 0.0704. The van der Waals surface area contributed by atoms with Crippen molar-refractivity contribution in [3.8, 4) is 5.75 Å². The molecule has 3 N–H and O–H groups in total. The van der Waals surface area contributed by atoms with Gasteiger partial charge in [-0.3, -0.25) is 15.0 Å². The molecular weight excluding hydrogens is 452 g/mol. The van der Waals surface area contributed by atoms with Crippen molar-refractivity contribution in [2.75, 3.05) is 36.4 Å². The lowest BCUT2D eigenvalue weighted by Crippen LogP contribution is -2.33. The van der Waals surface area contributed by atoms with Crippen molar-refractivity contribution in [2.24, 2.45) is 0 Å². The molecule has 0 bridgehead atoms. The molecule has 0 radical (unpaired) electrons. The van der Waals surface area contributed by atoms with Crippen LogP contribution in [0.5, 0.6) is 5.75 Å². The highest BCUT2D eigenvalue weighted by molar-refractivity contribution is 6.06. The van der Waals surface area contributed by atoms with Crippen molar-refractivity contribution in [3.63, 3.8) is 0 Å². The van der Waals surface area contributed by atoms with Gasteiger partial charge < -0.3 is 20.2 Å². The molecule has 3 aromatic carbocycles. The number of aromatic hydroxyl groups is 1. The fourth-order valence-electron chi connectivity index (χ4n) is 4.41. The first-order valence-electron chi connectivity index (χ1n) is 12.2. The Bertz CT molecular complexity index is 1250. The van der Waals surface area contributed by atoms with Gasteiger partial charge in [-0.2, -0.15) is 0 Å². The molecule has 1 fully saturated rings. The second kappa shape index (κ2) is 11.1. The summed E-state index contributed by atoms with van der Waals surface area (Å²) < 4.78 is 0. The summed E-state index contributed by atoms with van der Waals surface area (Å²) in [5.41, 5.74) is 3.96. The molecule has 186 valence electrons. The molecule has 1 amide bonds. The number of hydrogen-bond acceptors (Lipinski definition) is 5. The smallest absolute Gasteiger partial charge is 0.255 e. The molecule has 1 saturated heterocycles. The van der Waals surface area contributed by atoms with E-state index in [0.717, 1.165) is 43.9 Å². The van der Waals surface area contributed by atoms with Crippen molar-refractivity contribution in [1.29, 1.82) is 5.41 Å². The lowest BCUT2D eigenvalue weighted by Gasteiger charge is -2.24. The Hall–Kier alpha value is -4.13. The monoisotopic (exact) mass is 484 g/mol. The molecule has 3 aromatic rings. The van der Waals surface area contributed by atoms with E-state index in [9.17, 15) is 14.7 Å². The van der Waals surface area contributed by atoms with Gasteiger partial charge in [-0.25, -0.2) is 0 Å². The number of rotatable bonds is 6. The highest BCUT2D eigenvalue weighted by Gasteiger charge is 2.18. The van der Waals surface area contributed by atoms with Crippen LogP contribution < -0.4 is 10.2 Å². The molecular formula is C29H32N4O3. The van der Waals surface area contributed by atoms with Gasteiger partial charge in [0.1, 0.15) is 5.75 Å². The summed E-state index contributed by atoms with van der Waals surface area (Å²) in [6.45, 7) is 7.17. The zero-order valence-electron chi connectivity index (χ0n) is 20.8. The van der Waals surface area contributed by atoms with Gasteiger partial charge >= 0.3 is 0 Å². The average molecular weight is 485 g/mol. The van der Waals surface area contributed by atoms with E-state index in [1.165, 1.54) is 6.07 Å². The number of anilines is 2. The minimum atomic E-state index is -0.353. The molecule has 7 nitrogen and oxygen atoms in total. The number of aryl methyl sites for hydroxylation is 1. The molecule has 4 rings (SSSR count). The van der Waals surface area contributed by atoms with Crippen molar-refractivity contribution in [3.05, 3.63) is 89.0 Å². The summed E-state index contributed by atoms with van der Waals surface area (Å²) in [7, 11) is 0. The molecule has 1 aliphatic heterocycles. The summed E-state index contributed by atoms with van der Waals surface area (Å²) >= 11 is 0. The summed E-state index contributed by atoms with van der Waals surface area (Å²) in [6.07, 6.45) is 1.03. The largest absolute Gasteiger partial charge is 0.506 e. The lowest BCUT2D eigenvalue weighted by atomic mass is 10.00. The normalized spacial score (nSPS) is 13.7. The van der Waals surface area contributed by atoms with Crippen molar-refractivity contribution in [1.82, 2.24) is 4.90 Å². The molecule has 0 spiro atoms. The van der Waals surface area contributed by atoms with Gasteiger partial charge in [0.05, 0.1) is 11.5 Å². The van der Waals surface area contributed by atoms with Crippen molar-refractivity contribution >= 4 is 28.9 Å². The molecule has 1 aliphatic rings. The number of nitrogens with zero attached hydrogens (tertiary/aromatic N) is 2. The van der Waals surface area contributed by atoms with Crippen LogP contribution in [0.4, 0.5) is 11.4 Å². The standard InChI is InChI=1S/C29H32N4O3/c1-20-7-9-22(10-8-20)27(35)19-24-5-3-6-26(34)28(24)31-29(36)23-11-13-25(14-12-23)33-16-4-15-32(17-18-33)21(2)30/h3,5-14,30,34H,4,15-19H2,1-2H3,(H,31,36). The lowest BCUT2D eigenvalue weighted by molar-refractivity contribution is 0.0989. The molecule has 7 heteroatoms. The summed E-state index contributed by atoms with van der Waals surface area (Å²) in [5, 5.41) is 21.1. The highest BCUT2D eigenvalue weighted by Crippen LogP contribution is 2.29. The first-order valence-corrected chi connectivity index (χ1v) is 12.2. The third kappa shape index (κ3) is 5.92. The zero-order chi connectivity index (χ0) is 25.7. The second-order valence-electron chi connectivity index (χ2n) is 9.19. The van der Waals surface area contributed by atoms with Crippen LogP contribution in [0.2, 0.25) is 0 Å². The van der Waals surface area contributed by atoms with Gasteiger partial charge in [-0.05, 0) is 56.2 Å². The number of phenolic OH excluding ortho intramolecular Hbond substituents is 1. The number of amidine groups is 1. The van der Waals surface area contributed by atoms with E-state index in [4.69, 9.17) is 5.41 Å². The molecule has 0 aliphatic carbocycles. The molecule has 1 heterocycles. The number of hydrogen-bond donors (Lipinski definition) is 3. The fraction of sp³-hybridized carbons (Fsp3) is 0.276. The Labute approximate surface area is 211 Å². The fourth-order valence-corrected chi connectivity index (χ4v) is 4.41. The number of carbonyl (C=O) groups is 2. The second-order valence-corrected chi connectivity index (χ2v) is 9.19. The molecule has 36 heavy (non-hydrogen) atoms. The molecule has 0 atom stereocenters. The maximum absolute atomic E-state index is 13.0. The Balaban J connectivity index is 1.45. The average Bonchev–Trinajstić information content (AvgIpc) is 3.13. The predicted molar refractivity (Wildman–Crippen MR) is 144 cm³/mol. The van der Waals surface area contributed by atoms with Crippen molar-refractivity contribution < 1.29 is 14.7 Å². The molecule has 0 aromatic heterocycles. The number of carbonyl (C=O) groups excluding carboxylic acids is 2. The Morgan fingerprint density at radius 2 is 1.61 bits per heavy atom. The number of nitrogens with one attached hydrogen (secondary N) is 2. The van der Waals surface area contributed by atoms with Gasteiger partial charge in [0.25, 0.3) is 5.91 Å². The van der Waals surface area contributed by atoms with Gasteiger partial charge in [0.2, 0.25) is 0 Å². The Kier molecular flexibility index (Phi) is 7.68. The van der Waals surface area contributed by atoms with Crippen LogP contribution in [-0.4, -0.2) is 53.7 Å². The van der Waals surface area contributed by atoms with Gasteiger partial charge in [-0.1, -0.05) is 42.0 Å². The summed E-state index contributed by atoms with van der Waals surface area (Å²) in [4.78, 5) is 30.2. The number of ketones is 1. The van der Waals surface area contributed by atoms with Crippen LogP contribution in [0.1, 0.15) is 45.2 Å². The van der Waals surface area contributed by atoms with E-state index in [1.54, 1.807) is 36.4 Å². The topological polar surface area (TPSA) is 96.7 Å². The first-order chi connectivity index (χ1) is 17.3. The van der Waals surface area contributed by atoms with E-state index >= 15 is 0 Å². The number of para-hydroxylation sites is 1. The van der Waals surface area contributed by atoms with E-state index in [2.05, 4.69) is 15.1 Å². The first kappa shape index (κ1) is 25.0. The van der Waals surface area contributed by atoms with E-state index in [0.29, 0.717) is 22.5 Å².